The lowest BCUT2D eigenvalue weighted by Gasteiger charge is -2.34. The summed E-state index contributed by atoms with van der Waals surface area (Å²) in [5.41, 5.74) is 0.706. The van der Waals surface area contributed by atoms with Gasteiger partial charge in [0.15, 0.2) is 0 Å². The Balaban J connectivity index is 2.00. The first-order chi connectivity index (χ1) is 9.01. The second kappa shape index (κ2) is 6.06. The van der Waals surface area contributed by atoms with Crippen LogP contribution < -0.4 is 10.6 Å². The Morgan fingerprint density at radius 2 is 2.05 bits per heavy atom. The lowest BCUT2D eigenvalue weighted by atomic mass is 9.89. The third-order valence-electron chi connectivity index (χ3n) is 3.84. The molecule has 0 spiro atoms. The first-order valence-electron chi connectivity index (χ1n) is 6.83. The maximum atomic E-state index is 12.4. The lowest BCUT2D eigenvalue weighted by Crippen LogP contribution is -2.57. The molecule has 1 aliphatic heterocycles. The predicted octanol–water partition coefficient (Wildman–Crippen LogP) is 3.16. The van der Waals surface area contributed by atoms with E-state index in [4.69, 9.17) is 0 Å². The largest absolute Gasteiger partial charge is 0.348 e. The maximum absolute atomic E-state index is 12.4. The molecule has 0 aliphatic carbocycles. The number of carbonyl (C=O) groups is 1. The summed E-state index contributed by atoms with van der Waals surface area (Å²) in [6.07, 6.45) is 3.18. The summed E-state index contributed by atoms with van der Waals surface area (Å²) in [4.78, 5) is 12.4. The van der Waals surface area contributed by atoms with Crippen LogP contribution >= 0.6 is 15.9 Å². The molecular weight excluding hydrogens is 304 g/mol. The average molecular weight is 325 g/mol. The molecule has 2 atom stereocenters. The quantitative estimate of drug-likeness (QED) is 0.896. The normalized spacial score (nSPS) is 24.8. The van der Waals surface area contributed by atoms with Gasteiger partial charge in [-0.05, 0) is 57.4 Å². The van der Waals surface area contributed by atoms with Gasteiger partial charge < -0.3 is 10.6 Å². The second-order valence-corrected chi connectivity index (χ2v) is 6.38. The predicted molar refractivity (Wildman–Crippen MR) is 81.0 cm³/mol. The molecule has 1 aromatic carbocycles. The average Bonchev–Trinajstić information content (AvgIpc) is 2.40. The Kier molecular flexibility index (Phi) is 4.63. The molecule has 0 aromatic heterocycles. The molecule has 1 fully saturated rings. The van der Waals surface area contributed by atoms with E-state index >= 15 is 0 Å². The molecule has 2 rings (SSSR count). The first-order valence-corrected chi connectivity index (χ1v) is 7.62. The molecule has 2 unspecified atom stereocenters. The molecule has 3 nitrogen and oxygen atoms in total. The number of benzene rings is 1. The van der Waals surface area contributed by atoms with Crippen molar-refractivity contribution < 1.29 is 4.79 Å². The smallest absolute Gasteiger partial charge is 0.240 e. The van der Waals surface area contributed by atoms with Crippen LogP contribution in [0.15, 0.2) is 28.7 Å². The zero-order valence-electron chi connectivity index (χ0n) is 11.5. The third kappa shape index (κ3) is 3.57. The summed E-state index contributed by atoms with van der Waals surface area (Å²) in [6, 6.07) is 8.09. The number of carbonyl (C=O) groups excluding carboxylic acids is 1. The van der Waals surface area contributed by atoms with Gasteiger partial charge in [0.05, 0.1) is 11.6 Å². The van der Waals surface area contributed by atoms with Crippen LogP contribution in [0.1, 0.15) is 44.7 Å². The molecule has 1 aliphatic rings. The minimum absolute atomic E-state index is 0.0288. The fourth-order valence-corrected chi connectivity index (χ4v) is 2.71. The molecular formula is C15H21BrN2O. The standard InChI is InChI=1S/C15H21BrN2O/c1-11(12-5-7-13(16)8-6-12)18-14(19)15(2)9-3-4-10-17-15/h5-8,11,17H,3-4,9-10H2,1-2H3,(H,18,19). The number of hydrogen-bond acceptors (Lipinski definition) is 2. The van der Waals surface area contributed by atoms with Crippen LogP contribution in [0, 0.1) is 0 Å². The molecule has 1 saturated heterocycles. The number of hydrogen-bond donors (Lipinski definition) is 2. The van der Waals surface area contributed by atoms with E-state index in [0.29, 0.717) is 0 Å². The van der Waals surface area contributed by atoms with E-state index in [9.17, 15) is 4.79 Å². The number of nitrogens with one attached hydrogen (secondary N) is 2. The van der Waals surface area contributed by atoms with Gasteiger partial charge in [-0.2, -0.15) is 0 Å². The first kappa shape index (κ1) is 14.5. The summed E-state index contributed by atoms with van der Waals surface area (Å²) in [7, 11) is 0. The minimum atomic E-state index is -0.415. The SMILES string of the molecule is CC(NC(=O)C1(C)CCCCN1)c1ccc(Br)cc1. The maximum Gasteiger partial charge on any atom is 0.240 e. The fourth-order valence-electron chi connectivity index (χ4n) is 2.44. The van der Waals surface area contributed by atoms with Gasteiger partial charge in [-0.25, -0.2) is 0 Å². The highest BCUT2D eigenvalue weighted by Crippen LogP contribution is 2.21. The van der Waals surface area contributed by atoms with Gasteiger partial charge in [-0.3, -0.25) is 4.79 Å². The van der Waals surface area contributed by atoms with E-state index in [-0.39, 0.29) is 11.9 Å². The highest BCUT2D eigenvalue weighted by Gasteiger charge is 2.34. The molecule has 0 radical (unpaired) electrons. The summed E-state index contributed by atoms with van der Waals surface area (Å²) < 4.78 is 1.05. The van der Waals surface area contributed by atoms with Gasteiger partial charge in [-0.1, -0.05) is 28.1 Å². The van der Waals surface area contributed by atoms with Crippen LogP contribution in [0.25, 0.3) is 0 Å². The molecule has 1 heterocycles. The number of amides is 1. The number of halogens is 1. The third-order valence-corrected chi connectivity index (χ3v) is 4.37. The fraction of sp³-hybridized carbons (Fsp3) is 0.533. The molecule has 2 N–H and O–H groups in total. The van der Waals surface area contributed by atoms with Crippen molar-refractivity contribution in [3.63, 3.8) is 0 Å². The summed E-state index contributed by atoms with van der Waals surface area (Å²) in [5.74, 6) is 0.0996. The molecule has 104 valence electrons. The van der Waals surface area contributed by atoms with Gasteiger partial charge in [0.25, 0.3) is 0 Å². The van der Waals surface area contributed by atoms with Crippen LogP contribution in [0.4, 0.5) is 0 Å². The van der Waals surface area contributed by atoms with E-state index in [1.807, 2.05) is 38.1 Å². The van der Waals surface area contributed by atoms with E-state index in [2.05, 4.69) is 26.6 Å². The summed E-state index contributed by atoms with van der Waals surface area (Å²) in [5, 5.41) is 6.45. The van der Waals surface area contributed by atoms with Crippen molar-refractivity contribution in [3.8, 4) is 0 Å². The van der Waals surface area contributed by atoms with E-state index < -0.39 is 5.54 Å². The van der Waals surface area contributed by atoms with Crippen molar-refractivity contribution in [3.05, 3.63) is 34.3 Å². The van der Waals surface area contributed by atoms with Gasteiger partial charge in [0, 0.05) is 4.47 Å². The Bertz CT molecular complexity index is 438. The van der Waals surface area contributed by atoms with Crippen LogP contribution in [0.5, 0.6) is 0 Å². The van der Waals surface area contributed by atoms with Crippen LogP contribution in [-0.4, -0.2) is 18.0 Å². The number of rotatable bonds is 3. The van der Waals surface area contributed by atoms with Crippen LogP contribution in [0.2, 0.25) is 0 Å². The monoisotopic (exact) mass is 324 g/mol. The highest BCUT2D eigenvalue weighted by atomic mass is 79.9. The van der Waals surface area contributed by atoms with Gasteiger partial charge in [-0.15, -0.1) is 0 Å². The molecule has 1 aromatic rings. The van der Waals surface area contributed by atoms with Crippen LogP contribution in [-0.2, 0) is 4.79 Å². The summed E-state index contributed by atoms with van der Waals surface area (Å²) in [6.45, 7) is 4.94. The van der Waals surface area contributed by atoms with Crippen molar-refractivity contribution in [2.45, 2.75) is 44.7 Å². The van der Waals surface area contributed by atoms with E-state index in [0.717, 1.165) is 35.8 Å². The van der Waals surface area contributed by atoms with E-state index in [1.54, 1.807) is 0 Å². The zero-order valence-corrected chi connectivity index (χ0v) is 13.1. The second-order valence-electron chi connectivity index (χ2n) is 5.46. The molecule has 0 saturated carbocycles. The zero-order chi connectivity index (χ0) is 13.9. The molecule has 1 amide bonds. The molecule has 19 heavy (non-hydrogen) atoms. The Labute approximate surface area is 123 Å². The van der Waals surface area contributed by atoms with Crippen LogP contribution in [0.3, 0.4) is 0 Å². The Morgan fingerprint density at radius 3 is 2.63 bits per heavy atom. The topological polar surface area (TPSA) is 41.1 Å². The lowest BCUT2D eigenvalue weighted by molar-refractivity contribution is -0.128. The Morgan fingerprint density at radius 1 is 1.37 bits per heavy atom. The van der Waals surface area contributed by atoms with Gasteiger partial charge >= 0.3 is 0 Å². The minimum Gasteiger partial charge on any atom is -0.348 e. The van der Waals surface area contributed by atoms with Crippen molar-refractivity contribution in [1.82, 2.24) is 10.6 Å². The van der Waals surface area contributed by atoms with Crippen molar-refractivity contribution in [2.75, 3.05) is 6.54 Å². The van der Waals surface area contributed by atoms with Crippen molar-refractivity contribution in [2.24, 2.45) is 0 Å². The van der Waals surface area contributed by atoms with Crippen molar-refractivity contribution in [1.29, 1.82) is 0 Å². The van der Waals surface area contributed by atoms with Crippen molar-refractivity contribution >= 4 is 21.8 Å². The Hall–Kier alpha value is -0.870. The number of piperidine rings is 1. The summed E-state index contributed by atoms with van der Waals surface area (Å²) >= 11 is 3.42. The van der Waals surface area contributed by atoms with Gasteiger partial charge in [0.1, 0.15) is 0 Å². The molecule has 4 heteroatoms. The van der Waals surface area contributed by atoms with E-state index in [1.165, 1.54) is 0 Å². The molecule has 0 bridgehead atoms. The highest BCUT2D eigenvalue weighted by molar-refractivity contribution is 9.10. The van der Waals surface area contributed by atoms with Gasteiger partial charge in [0.2, 0.25) is 5.91 Å².